The van der Waals surface area contributed by atoms with Crippen molar-refractivity contribution in [1.29, 1.82) is 0 Å². The molecule has 1 saturated heterocycles. The fourth-order valence-corrected chi connectivity index (χ4v) is 2.85. The number of anilines is 1. The Bertz CT molecular complexity index is 834. The number of piperidine rings is 1. The second-order valence-corrected chi connectivity index (χ2v) is 6.10. The lowest BCUT2D eigenvalue weighted by molar-refractivity contribution is -0.0221. The topological polar surface area (TPSA) is 64.5 Å². The minimum atomic E-state index is -2.73. The molecule has 1 fully saturated rings. The van der Waals surface area contributed by atoms with Gasteiger partial charge in [-0.1, -0.05) is 0 Å². The Morgan fingerprint density at radius 3 is 2.30 bits per heavy atom. The highest BCUT2D eigenvalue weighted by Crippen LogP contribution is 2.36. The van der Waals surface area contributed by atoms with E-state index in [1.165, 1.54) is 38.5 Å². The predicted octanol–water partition coefficient (Wildman–Crippen LogP) is 3.31. The number of carbonyl (C=O) groups is 1. The summed E-state index contributed by atoms with van der Waals surface area (Å²) in [5, 5.41) is 0. The maximum atomic E-state index is 13.5. The molecular weight excluding hydrogens is 363 g/mol. The molecule has 0 spiro atoms. The third kappa shape index (κ3) is 3.96. The van der Waals surface area contributed by atoms with Crippen LogP contribution in [0, 0.1) is 5.82 Å². The molecule has 0 radical (unpaired) electrons. The lowest BCUT2D eigenvalue weighted by Gasteiger charge is -2.33. The molecule has 2 heterocycles. The number of hydrogen-bond acceptors (Lipinski definition) is 6. The zero-order valence-corrected chi connectivity index (χ0v) is 14.8. The van der Waals surface area contributed by atoms with Crippen LogP contribution in [-0.2, 0) is 4.74 Å². The van der Waals surface area contributed by atoms with Crippen molar-refractivity contribution < 1.29 is 27.4 Å². The molecule has 0 unspecified atom stereocenters. The molecule has 27 heavy (non-hydrogen) atoms. The predicted molar refractivity (Wildman–Crippen MR) is 91.7 cm³/mol. The lowest BCUT2D eigenvalue weighted by Crippen LogP contribution is -2.40. The van der Waals surface area contributed by atoms with Crippen LogP contribution in [-0.4, -0.2) is 49.2 Å². The van der Waals surface area contributed by atoms with E-state index in [0.29, 0.717) is 11.4 Å². The maximum absolute atomic E-state index is 13.5. The Morgan fingerprint density at radius 1 is 1.11 bits per heavy atom. The van der Waals surface area contributed by atoms with Crippen molar-refractivity contribution in [3.63, 3.8) is 0 Å². The van der Waals surface area contributed by atoms with E-state index < -0.39 is 17.7 Å². The van der Waals surface area contributed by atoms with Crippen molar-refractivity contribution in [3.8, 4) is 17.1 Å². The summed E-state index contributed by atoms with van der Waals surface area (Å²) in [5.41, 5.74) is 0.607. The van der Waals surface area contributed by atoms with Gasteiger partial charge in [0.05, 0.1) is 14.2 Å². The van der Waals surface area contributed by atoms with Gasteiger partial charge in [0.15, 0.2) is 5.82 Å². The van der Waals surface area contributed by atoms with Crippen LogP contribution < -0.4 is 9.64 Å². The first-order chi connectivity index (χ1) is 12.8. The van der Waals surface area contributed by atoms with E-state index in [1.54, 1.807) is 4.90 Å². The number of halogens is 3. The number of rotatable bonds is 4. The normalized spacial score (nSPS) is 16.1. The van der Waals surface area contributed by atoms with E-state index in [1.807, 2.05) is 0 Å². The summed E-state index contributed by atoms with van der Waals surface area (Å²) in [6, 6.07) is 5.45. The minimum absolute atomic E-state index is 0.0661. The van der Waals surface area contributed by atoms with Crippen LogP contribution in [0.25, 0.3) is 11.3 Å². The molecule has 1 aliphatic heterocycles. The summed E-state index contributed by atoms with van der Waals surface area (Å²) in [6.07, 6.45) is -0.642. The monoisotopic (exact) mass is 381 g/mol. The Balaban J connectivity index is 2.12. The van der Waals surface area contributed by atoms with Gasteiger partial charge < -0.3 is 14.4 Å². The van der Waals surface area contributed by atoms with Crippen LogP contribution in [0.2, 0.25) is 0 Å². The van der Waals surface area contributed by atoms with Crippen LogP contribution in [0.3, 0.4) is 0 Å². The van der Waals surface area contributed by atoms with E-state index in [-0.39, 0.29) is 43.2 Å². The van der Waals surface area contributed by atoms with Gasteiger partial charge in [-0.05, 0) is 24.3 Å². The van der Waals surface area contributed by atoms with Gasteiger partial charge in [0.25, 0.3) is 5.92 Å². The fraction of sp³-hybridized carbons (Fsp3) is 0.389. The first kappa shape index (κ1) is 18.9. The van der Waals surface area contributed by atoms with E-state index in [0.717, 1.165) is 0 Å². The first-order valence-corrected chi connectivity index (χ1v) is 8.27. The fourth-order valence-electron chi connectivity index (χ4n) is 2.85. The standard InChI is InChI=1S/C18H18F3N3O3/c1-26-16-14(17(25)27-2)22-13(11-3-5-12(19)6-4-11)15(23-16)24-9-7-18(20,21)8-10-24/h3-6H,7-10H2,1-2H3. The molecule has 6 nitrogen and oxygen atoms in total. The number of benzene rings is 1. The van der Waals surface area contributed by atoms with Gasteiger partial charge in [-0.2, -0.15) is 4.98 Å². The van der Waals surface area contributed by atoms with Crippen LogP contribution in [0.4, 0.5) is 19.0 Å². The molecule has 0 aliphatic carbocycles. The Hall–Kier alpha value is -2.84. The number of ether oxygens (including phenoxy) is 2. The molecule has 0 atom stereocenters. The van der Waals surface area contributed by atoms with Crippen molar-refractivity contribution in [1.82, 2.24) is 9.97 Å². The average molecular weight is 381 g/mol. The van der Waals surface area contributed by atoms with Gasteiger partial charge in [0, 0.05) is 31.5 Å². The summed E-state index contributed by atoms with van der Waals surface area (Å²) in [5.74, 6) is -3.69. The maximum Gasteiger partial charge on any atom is 0.362 e. The Labute approximate surface area is 153 Å². The Morgan fingerprint density at radius 2 is 1.74 bits per heavy atom. The molecule has 1 aromatic heterocycles. The Kier molecular flexibility index (Phi) is 5.20. The summed E-state index contributed by atoms with van der Waals surface area (Å²) in [4.78, 5) is 22.3. The smallest absolute Gasteiger partial charge is 0.362 e. The van der Waals surface area contributed by atoms with Crippen LogP contribution in [0.1, 0.15) is 23.3 Å². The minimum Gasteiger partial charge on any atom is -0.479 e. The highest BCUT2D eigenvalue weighted by atomic mass is 19.3. The van der Waals surface area contributed by atoms with Gasteiger partial charge >= 0.3 is 5.97 Å². The molecule has 3 rings (SSSR count). The second-order valence-electron chi connectivity index (χ2n) is 6.10. The quantitative estimate of drug-likeness (QED) is 0.757. The van der Waals surface area contributed by atoms with E-state index in [9.17, 15) is 18.0 Å². The number of methoxy groups -OCH3 is 2. The van der Waals surface area contributed by atoms with Crippen molar-refractivity contribution in [2.75, 3.05) is 32.2 Å². The number of nitrogens with zero attached hydrogens (tertiary/aromatic N) is 3. The first-order valence-electron chi connectivity index (χ1n) is 8.27. The SMILES string of the molecule is COC(=O)c1nc(-c2ccc(F)cc2)c(N2CCC(F)(F)CC2)nc1OC. The number of aromatic nitrogens is 2. The number of carbonyl (C=O) groups excluding carboxylic acids is 1. The van der Waals surface area contributed by atoms with Gasteiger partial charge in [0.1, 0.15) is 11.5 Å². The molecule has 0 bridgehead atoms. The average Bonchev–Trinajstić information content (AvgIpc) is 2.67. The highest BCUT2D eigenvalue weighted by Gasteiger charge is 2.36. The summed E-state index contributed by atoms with van der Waals surface area (Å²) in [6.45, 7) is 0.132. The van der Waals surface area contributed by atoms with E-state index >= 15 is 0 Å². The van der Waals surface area contributed by atoms with Crippen molar-refractivity contribution in [2.45, 2.75) is 18.8 Å². The molecule has 1 aliphatic rings. The molecule has 0 saturated carbocycles. The molecule has 144 valence electrons. The zero-order valence-electron chi connectivity index (χ0n) is 14.8. The largest absolute Gasteiger partial charge is 0.479 e. The number of alkyl halides is 2. The third-order valence-electron chi connectivity index (χ3n) is 4.33. The van der Waals surface area contributed by atoms with Gasteiger partial charge in [-0.3, -0.25) is 0 Å². The third-order valence-corrected chi connectivity index (χ3v) is 4.33. The number of hydrogen-bond donors (Lipinski definition) is 0. The van der Waals surface area contributed by atoms with Crippen molar-refractivity contribution in [3.05, 3.63) is 35.8 Å². The van der Waals surface area contributed by atoms with Crippen molar-refractivity contribution >= 4 is 11.8 Å². The van der Waals surface area contributed by atoms with Gasteiger partial charge in [0.2, 0.25) is 11.6 Å². The molecule has 2 aromatic rings. The zero-order chi connectivity index (χ0) is 19.6. The molecule has 0 amide bonds. The summed E-state index contributed by atoms with van der Waals surface area (Å²) < 4.78 is 50.2. The summed E-state index contributed by atoms with van der Waals surface area (Å²) >= 11 is 0. The molecule has 0 N–H and O–H groups in total. The number of esters is 1. The second kappa shape index (κ2) is 7.42. The van der Waals surface area contributed by atoms with Crippen LogP contribution in [0.15, 0.2) is 24.3 Å². The highest BCUT2D eigenvalue weighted by molar-refractivity contribution is 5.91. The van der Waals surface area contributed by atoms with Crippen molar-refractivity contribution in [2.24, 2.45) is 0 Å². The van der Waals surface area contributed by atoms with E-state index in [2.05, 4.69) is 9.97 Å². The summed E-state index contributed by atoms with van der Waals surface area (Å²) in [7, 11) is 2.52. The van der Waals surface area contributed by atoms with E-state index in [4.69, 9.17) is 9.47 Å². The molecular formula is C18H18F3N3O3. The van der Waals surface area contributed by atoms with Crippen LogP contribution >= 0.6 is 0 Å². The molecule has 1 aromatic carbocycles. The van der Waals surface area contributed by atoms with Gasteiger partial charge in [-0.15, -0.1) is 0 Å². The lowest BCUT2D eigenvalue weighted by atomic mass is 10.1. The molecule has 9 heteroatoms. The van der Waals surface area contributed by atoms with Gasteiger partial charge in [-0.25, -0.2) is 22.9 Å². The van der Waals surface area contributed by atoms with Crippen LogP contribution in [0.5, 0.6) is 5.88 Å².